The number of aromatic nitrogens is 2. The van der Waals surface area contributed by atoms with Crippen molar-refractivity contribution in [3.8, 4) is 0 Å². The number of hydrogen-bond acceptors (Lipinski definition) is 10. The summed E-state index contributed by atoms with van der Waals surface area (Å²) in [5.74, 6) is -2.06. The maximum Gasteiger partial charge on any atom is 0.411 e. The predicted molar refractivity (Wildman–Crippen MR) is 249 cm³/mol. The molecule has 0 bridgehead atoms. The molecule has 2 aliphatic heterocycles. The van der Waals surface area contributed by atoms with Crippen LogP contribution in [0.4, 0.5) is 9.59 Å². The molecule has 0 radical (unpaired) electrons. The number of hydrogen-bond donors (Lipinski definition) is 3. The zero-order valence-electron chi connectivity index (χ0n) is 37.5. The number of nitrogens with zero attached hydrogens (tertiary/aromatic N) is 5. The largest absolute Gasteiger partial charge is 0.480 e. The maximum absolute atomic E-state index is 12.7. The molecule has 0 saturated carbocycles. The van der Waals surface area contributed by atoms with Gasteiger partial charge in [-0.15, -0.1) is 11.6 Å². The van der Waals surface area contributed by atoms with Crippen molar-refractivity contribution in [2.24, 2.45) is 0 Å². The number of aliphatic carboxylic acids is 2. The van der Waals surface area contributed by atoms with E-state index in [0.717, 1.165) is 64.3 Å². The van der Waals surface area contributed by atoms with Gasteiger partial charge in [0.1, 0.15) is 28.7 Å². The number of piperazine rings is 2. The van der Waals surface area contributed by atoms with E-state index in [-0.39, 0.29) is 31.1 Å². The van der Waals surface area contributed by atoms with Crippen molar-refractivity contribution >= 4 is 58.9 Å². The van der Waals surface area contributed by atoms with Gasteiger partial charge < -0.3 is 25.0 Å². The number of pyridine rings is 2. The number of alkyl halides is 1. The molecule has 17 heteroatoms. The normalized spacial score (nSPS) is 20.6. The Bertz CT molecular complexity index is 2370. The number of carboxylic acids is 2. The maximum atomic E-state index is 12.7. The number of nitrogens with one attached hydrogen (secondary N) is 1. The van der Waals surface area contributed by atoms with Gasteiger partial charge in [-0.2, -0.15) is 0 Å². The number of ether oxygens (including phenoxy) is 2. The van der Waals surface area contributed by atoms with Crippen LogP contribution in [0.2, 0.25) is 10.0 Å². The van der Waals surface area contributed by atoms with Crippen LogP contribution in [0, 0.1) is 0 Å². The molecule has 4 heterocycles. The van der Waals surface area contributed by atoms with Crippen LogP contribution in [0.1, 0.15) is 97.7 Å². The fraction of sp³-hybridized carbons (Fsp3) is 0.458. The molecule has 4 aliphatic rings. The van der Waals surface area contributed by atoms with Crippen LogP contribution in [-0.2, 0) is 44.7 Å². The van der Waals surface area contributed by atoms with E-state index < -0.39 is 47.4 Å². The summed E-state index contributed by atoms with van der Waals surface area (Å²) in [4.78, 5) is 61.3. The molecule has 14 nitrogen and oxygen atoms in total. The molecule has 4 aromatic rings. The van der Waals surface area contributed by atoms with Gasteiger partial charge in [-0.1, -0.05) is 47.5 Å². The van der Waals surface area contributed by atoms with Crippen molar-refractivity contribution in [1.29, 1.82) is 0 Å². The quantitative estimate of drug-likeness (QED) is 0.168. The summed E-state index contributed by atoms with van der Waals surface area (Å²) in [6, 6.07) is 17.8. The molecule has 65 heavy (non-hydrogen) atoms. The lowest BCUT2D eigenvalue weighted by Crippen LogP contribution is -2.59. The SMILES string of the molecule is CC(C)(C)OC(=O)N1CCN(C2c3ccc(Cl)cc3CCc3cccnc32)C[C@@H]1C(=O)O.CC(C)(C)OC(=O)N1CCNC[C@@H]1C(=O)O.Clc1ccc2c(c1)CCc1cccnc1C2Cl. The van der Waals surface area contributed by atoms with E-state index in [2.05, 4.69) is 27.3 Å². The van der Waals surface area contributed by atoms with Crippen molar-refractivity contribution in [1.82, 2.24) is 30.0 Å². The van der Waals surface area contributed by atoms with Gasteiger partial charge in [0.15, 0.2) is 0 Å². The van der Waals surface area contributed by atoms with Crippen LogP contribution in [0.25, 0.3) is 0 Å². The van der Waals surface area contributed by atoms with Gasteiger partial charge in [0.25, 0.3) is 0 Å². The Balaban J connectivity index is 0.000000178. The average Bonchev–Trinajstić information content (AvgIpc) is 3.50. The van der Waals surface area contributed by atoms with E-state index in [1.54, 1.807) is 53.9 Å². The van der Waals surface area contributed by atoms with E-state index in [9.17, 15) is 24.3 Å². The number of fused-ring (bicyclic) bond motifs is 4. The Morgan fingerprint density at radius 3 is 1.71 bits per heavy atom. The first-order valence-electron chi connectivity index (χ1n) is 21.7. The smallest absolute Gasteiger partial charge is 0.411 e. The number of carboxylic acid groups (broad SMARTS) is 2. The highest BCUT2D eigenvalue weighted by molar-refractivity contribution is 6.31. The molecule has 2 fully saturated rings. The van der Waals surface area contributed by atoms with Crippen molar-refractivity contribution < 1.29 is 38.9 Å². The second kappa shape index (κ2) is 21.1. The van der Waals surface area contributed by atoms with Gasteiger partial charge in [0.2, 0.25) is 0 Å². The fourth-order valence-electron chi connectivity index (χ4n) is 8.35. The Morgan fingerprint density at radius 1 is 0.662 bits per heavy atom. The summed E-state index contributed by atoms with van der Waals surface area (Å²) in [7, 11) is 0. The summed E-state index contributed by atoms with van der Waals surface area (Å²) in [5, 5.41) is 23.1. The number of carbonyl (C=O) groups is 4. The molecule has 348 valence electrons. The van der Waals surface area contributed by atoms with Gasteiger partial charge in [-0.25, -0.2) is 19.2 Å². The molecule has 2 aromatic carbocycles. The summed E-state index contributed by atoms with van der Waals surface area (Å²) >= 11 is 18.8. The van der Waals surface area contributed by atoms with Crippen LogP contribution in [0.5, 0.6) is 0 Å². The monoisotopic (exact) mass is 950 g/mol. The Kier molecular flexibility index (Phi) is 16.1. The van der Waals surface area contributed by atoms with Gasteiger partial charge in [-0.3, -0.25) is 24.7 Å². The minimum absolute atomic E-state index is 0.166. The lowest BCUT2D eigenvalue weighted by atomic mass is 9.95. The van der Waals surface area contributed by atoms with E-state index in [4.69, 9.17) is 54.4 Å². The van der Waals surface area contributed by atoms with Crippen LogP contribution in [0.3, 0.4) is 0 Å². The Hall–Kier alpha value is -4.99. The highest BCUT2D eigenvalue weighted by Gasteiger charge is 2.42. The second-order valence-corrected chi connectivity index (χ2v) is 19.6. The first kappa shape index (κ1) is 49.4. The van der Waals surface area contributed by atoms with E-state index in [1.165, 1.54) is 20.9 Å². The molecule has 0 spiro atoms. The summed E-state index contributed by atoms with van der Waals surface area (Å²) in [5.41, 5.74) is 7.59. The standard InChI is InChI=1S/C24H28ClN3O4.C14H11Cl2N.C10H18N2O4/c1-24(2,3)32-23(31)28-12-11-27(14-19(28)22(29)30)21-18-9-8-17(25)13-16(18)7-6-15-5-4-10-26-20(15)21;15-11-5-6-12-10(8-11)4-3-9-2-1-7-17-14(9)13(12)16;1-10(2,3)16-9(15)12-5-4-11-6-7(12)8(13)14/h4-5,8-10,13,19,21H,6-7,11-12,14H2,1-3H3,(H,29,30);1-2,5-8,13H,3-4H2;7,11H,4-6H2,1-3H3,(H,13,14)/t19-,21?;;7-/m1.1/s1. The van der Waals surface area contributed by atoms with Crippen molar-refractivity contribution in [2.45, 2.75) is 102 Å². The van der Waals surface area contributed by atoms with Crippen molar-refractivity contribution in [3.05, 3.63) is 128 Å². The molecule has 2 aromatic heterocycles. The number of benzene rings is 2. The highest BCUT2D eigenvalue weighted by Crippen LogP contribution is 2.39. The zero-order valence-corrected chi connectivity index (χ0v) is 39.8. The molecular formula is C48H57Cl3N6O8. The molecule has 8 rings (SSSR count). The molecule has 4 atom stereocenters. The van der Waals surface area contributed by atoms with Crippen molar-refractivity contribution in [2.75, 3.05) is 39.3 Å². The minimum atomic E-state index is -1.05. The lowest BCUT2D eigenvalue weighted by molar-refractivity contribution is -0.146. The predicted octanol–water partition coefficient (Wildman–Crippen LogP) is 8.37. The number of rotatable bonds is 3. The molecule has 2 aliphatic carbocycles. The van der Waals surface area contributed by atoms with Crippen LogP contribution < -0.4 is 5.32 Å². The van der Waals surface area contributed by atoms with E-state index in [0.29, 0.717) is 24.7 Å². The molecule has 2 amide bonds. The summed E-state index contributed by atoms with van der Waals surface area (Å²) < 4.78 is 10.6. The lowest BCUT2D eigenvalue weighted by Gasteiger charge is -2.43. The number of aryl methyl sites for hydroxylation is 4. The highest BCUT2D eigenvalue weighted by atomic mass is 35.5. The van der Waals surface area contributed by atoms with Crippen LogP contribution in [-0.4, -0.2) is 122 Å². The van der Waals surface area contributed by atoms with E-state index in [1.807, 2.05) is 48.5 Å². The van der Waals surface area contributed by atoms with Crippen LogP contribution >= 0.6 is 34.8 Å². The topological polar surface area (TPSA) is 175 Å². The van der Waals surface area contributed by atoms with Gasteiger partial charge in [-0.05, 0) is 137 Å². The average molecular weight is 952 g/mol. The third-order valence-corrected chi connectivity index (χ3v) is 12.2. The number of amides is 2. The fourth-order valence-corrected chi connectivity index (χ4v) is 9.15. The first-order chi connectivity index (χ1) is 30.7. The molecule has 2 unspecified atom stereocenters. The molecule has 2 saturated heterocycles. The van der Waals surface area contributed by atoms with Gasteiger partial charge >= 0.3 is 24.1 Å². The Morgan fingerprint density at radius 2 is 1.15 bits per heavy atom. The summed E-state index contributed by atoms with van der Waals surface area (Å²) in [6.45, 7) is 12.7. The number of carbonyl (C=O) groups excluding carboxylic acids is 2. The zero-order chi connectivity index (χ0) is 47.2. The number of halogens is 3. The van der Waals surface area contributed by atoms with Crippen LogP contribution in [0.15, 0.2) is 73.1 Å². The molecular weight excluding hydrogens is 895 g/mol. The third kappa shape index (κ3) is 12.7. The first-order valence-corrected chi connectivity index (χ1v) is 22.9. The van der Waals surface area contributed by atoms with E-state index >= 15 is 0 Å². The molecule has 3 N–H and O–H groups in total. The second-order valence-electron chi connectivity index (χ2n) is 18.3. The third-order valence-electron chi connectivity index (χ3n) is 11.3. The van der Waals surface area contributed by atoms with Gasteiger partial charge in [0, 0.05) is 61.7 Å². The van der Waals surface area contributed by atoms with Crippen molar-refractivity contribution in [3.63, 3.8) is 0 Å². The minimum Gasteiger partial charge on any atom is -0.480 e. The Labute approximate surface area is 395 Å². The van der Waals surface area contributed by atoms with Gasteiger partial charge in [0.05, 0.1) is 17.4 Å². The summed E-state index contributed by atoms with van der Waals surface area (Å²) in [6.07, 6.45) is 6.03.